The number of hydrogen-bond donors (Lipinski definition) is 3. The molecule has 88 valence electrons. The third-order valence-corrected chi connectivity index (χ3v) is 1.74. The third kappa shape index (κ3) is 4.56. The Hall–Kier alpha value is -1.88. The van der Waals surface area contributed by atoms with E-state index in [1.165, 1.54) is 14.0 Å². The van der Waals surface area contributed by atoms with Gasteiger partial charge in [0.1, 0.15) is 6.54 Å². The predicted molar refractivity (Wildman–Crippen MR) is 62.7 cm³/mol. The third-order valence-electron chi connectivity index (χ3n) is 1.74. The summed E-state index contributed by atoms with van der Waals surface area (Å²) < 4.78 is 0. The number of para-hydroxylation sites is 1. The van der Waals surface area contributed by atoms with Crippen LogP contribution < -0.4 is 11.1 Å². The summed E-state index contributed by atoms with van der Waals surface area (Å²) >= 11 is 0. The van der Waals surface area contributed by atoms with E-state index in [-0.39, 0.29) is 12.3 Å². The van der Waals surface area contributed by atoms with Crippen LogP contribution in [-0.2, 0) is 4.79 Å². The van der Waals surface area contributed by atoms with E-state index in [1.54, 1.807) is 24.3 Å². The first-order chi connectivity index (χ1) is 7.61. The summed E-state index contributed by atoms with van der Waals surface area (Å²) in [6.07, 6.45) is 0. The topological polar surface area (TPSA) is 92.4 Å². The minimum absolute atomic E-state index is 0.0847. The Morgan fingerprint density at radius 2 is 1.88 bits per heavy atom. The Kier molecular flexibility index (Phi) is 6.55. The van der Waals surface area contributed by atoms with Crippen LogP contribution in [0.2, 0.25) is 0 Å². The maximum absolute atomic E-state index is 11.1. The van der Waals surface area contributed by atoms with E-state index in [2.05, 4.69) is 11.1 Å². The fourth-order valence-corrected chi connectivity index (χ4v) is 1.12. The normalized spacial score (nSPS) is 8.69. The van der Waals surface area contributed by atoms with Gasteiger partial charge in [-0.3, -0.25) is 9.59 Å². The molecule has 0 amide bonds. The molecule has 0 atom stereocenters. The lowest BCUT2D eigenvalue weighted by Crippen LogP contribution is -2.14. The van der Waals surface area contributed by atoms with E-state index < -0.39 is 5.97 Å². The Balaban J connectivity index is 0.00000106. The SMILES string of the molecule is CC(=O)c1ccccc1NCC(=O)O.CN. The fourth-order valence-electron chi connectivity index (χ4n) is 1.12. The van der Waals surface area contributed by atoms with Gasteiger partial charge < -0.3 is 16.2 Å². The standard InChI is InChI=1S/C10H11NO3.CH5N/c1-7(12)8-4-2-3-5-9(8)11-6-10(13)14;1-2/h2-5,11H,6H2,1H3,(H,13,14);2H2,1H3. The molecule has 1 aromatic carbocycles. The summed E-state index contributed by atoms with van der Waals surface area (Å²) in [5, 5.41) is 11.1. The fraction of sp³-hybridized carbons (Fsp3) is 0.273. The molecule has 0 spiro atoms. The van der Waals surface area contributed by atoms with Crippen molar-refractivity contribution in [1.82, 2.24) is 0 Å². The van der Waals surface area contributed by atoms with Crippen LogP contribution in [0.1, 0.15) is 17.3 Å². The zero-order valence-electron chi connectivity index (χ0n) is 9.36. The first kappa shape index (κ1) is 14.1. The van der Waals surface area contributed by atoms with Gasteiger partial charge in [-0.2, -0.15) is 0 Å². The highest BCUT2D eigenvalue weighted by atomic mass is 16.4. The molecule has 0 radical (unpaired) electrons. The van der Waals surface area contributed by atoms with E-state index in [4.69, 9.17) is 5.11 Å². The van der Waals surface area contributed by atoms with E-state index in [0.717, 1.165) is 0 Å². The van der Waals surface area contributed by atoms with Gasteiger partial charge in [0, 0.05) is 11.3 Å². The van der Waals surface area contributed by atoms with Crippen molar-refractivity contribution in [2.75, 3.05) is 18.9 Å². The minimum Gasteiger partial charge on any atom is -0.480 e. The molecule has 1 aromatic rings. The molecule has 0 saturated heterocycles. The van der Waals surface area contributed by atoms with Crippen LogP contribution in [0, 0.1) is 0 Å². The van der Waals surface area contributed by atoms with Crippen LogP contribution in [0.5, 0.6) is 0 Å². The number of carbonyl (C=O) groups excluding carboxylic acids is 1. The number of nitrogens with two attached hydrogens (primary N) is 1. The number of carboxylic acid groups (broad SMARTS) is 1. The van der Waals surface area contributed by atoms with Crippen molar-refractivity contribution in [3.05, 3.63) is 29.8 Å². The summed E-state index contributed by atoms with van der Waals surface area (Å²) in [6, 6.07) is 6.82. The zero-order chi connectivity index (χ0) is 12.6. The van der Waals surface area contributed by atoms with Gasteiger partial charge in [-0.05, 0) is 26.1 Å². The van der Waals surface area contributed by atoms with Crippen LogP contribution in [0.15, 0.2) is 24.3 Å². The average Bonchev–Trinajstić information content (AvgIpc) is 2.29. The lowest BCUT2D eigenvalue weighted by Gasteiger charge is -2.07. The smallest absolute Gasteiger partial charge is 0.322 e. The van der Waals surface area contributed by atoms with Crippen molar-refractivity contribution in [3.63, 3.8) is 0 Å². The number of ketones is 1. The van der Waals surface area contributed by atoms with Gasteiger partial charge in [-0.25, -0.2) is 0 Å². The van der Waals surface area contributed by atoms with Gasteiger partial charge >= 0.3 is 5.97 Å². The Labute approximate surface area is 94.3 Å². The molecule has 0 saturated carbocycles. The Morgan fingerprint density at radius 1 is 1.31 bits per heavy atom. The second-order valence-corrected chi connectivity index (χ2v) is 2.85. The summed E-state index contributed by atoms with van der Waals surface area (Å²) in [6.45, 7) is 1.26. The molecule has 0 aliphatic carbocycles. The van der Waals surface area contributed by atoms with E-state index >= 15 is 0 Å². The number of anilines is 1. The molecule has 0 bridgehead atoms. The highest BCUT2D eigenvalue weighted by Crippen LogP contribution is 2.14. The maximum atomic E-state index is 11.1. The van der Waals surface area contributed by atoms with Crippen LogP contribution in [0.3, 0.4) is 0 Å². The molecule has 0 aliphatic rings. The van der Waals surface area contributed by atoms with Crippen molar-refractivity contribution < 1.29 is 14.7 Å². The van der Waals surface area contributed by atoms with Gasteiger partial charge in [0.25, 0.3) is 0 Å². The zero-order valence-corrected chi connectivity index (χ0v) is 9.36. The largest absolute Gasteiger partial charge is 0.480 e. The summed E-state index contributed by atoms with van der Waals surface area (Å²) in [7, 11) is 1.50. The second-order valence-electron chi connectivity index (χ2n) is 2.85. The number of rotatable bonds is 4. The van der Waals surface area contributed by atoms with Crippen molar-refractivity contribution in [2.45, 2.75) is 6.92 Å². The van der Waals surface area contributed by atoms with Crippen molar-refractivity contribution >= 4 is 17.4 Å². The summed E-state index contributed by atoms with van der Waals surface area (Å²) in [4.78, 5) is 21.4. The van der Waals surface area contributed by atoms with Gasteiger partial charge in [-0.1, -0.05) is 12.1 Å². The van der Waals surface area contributed by atoms with Crippen LogP contribution in [0.25, 0.3) is 0 Å². The molecule has 5 nitrogen and oxygen atoms in total. The van der Waals surface area contributed by atoms with Gasteiger partial charge in [0.15, 0.2) is 5.78 Å². The quantitative estimate of drug-likeness (QED) is 0.662. The molecular weight excluding hydrogens is 208 g/mol. The number of nitrogens with one attached hydrogen (secondary N) is 1. The van der Waals surface area contributed by atoms with Crippen molar-refractivity contribution in [1.29, 1.82) is 0 Å². The number of carbonyl (C=O) groups is 2. The van der Waals surface area contributed by atoms with E-state index in [9.17, 15) is 9.59 Å². The summed E-state index contributed by atoms with van der Waals surface area (Å²) in [5.74, 6) is -1.04. The van der Waals surface area contributed by atoms with Crippen LogP contribution in [0.4, 0.5) is 5.69 Å². The van der Waals surface area contributed by atoms with Gasteiger partial charge in [-0.15, -0.1) is 0 Å². The Bertz CT molecular complexity index is 364. The highest BCUT2D eigenvalue weighted by Gasteiger charge is 2.06. The number of aliphatic carboxylic acids is 1. The Morgan fingerprint density at radius 3 is 2.38 bits per heavy atom. The molecule has 4 N–H and O–H groups in total. The highest BCUT2D eigenvalue weighted by molar-refractivity contribution is 5.99. The van der Waals surface area contributed by atoms with Gasteiger partial charge in [0.2, 0.25) is 0 Å². The first-order valence-corrected chi connectivity index (χ1v) is 4.74. The van der Waals surface area contributed by atoms with E-state index in [0.29, 0.717) is 11.3 Å². The van der Waals surface area contributed by atoms with Gasteiger partial charge in [0.05, 0.1) is 0 Å². The monoisotopic (exact) mass is 224 g/mol. The molecule has 16 heavy (non-hydrogen) atoms. The molecule has 0 aromatic heterocycles. The molecular formula is C11H16N2O3. The lowest BCUT2D eigenvalue weighted by atomic mass is 10.1. The van der Waals surface area contributed by atoms with Crippen LogP contribution >= 0.6 is 0 Å². The number of hydrogen-bond acceptors (Lipinski definition) is 4. The average molecular weight is 224 g/mol. The molecule has 0 fully saturated rings. The lowest BCUT2D eigenvalue weighted by molar-refractivity contribution is -0.134. The maximum Gasteiger partial charge on any atom is 0.322 e. The van der Waals surface area contributed by atoms with Crippen LogP contribution in [-0.4, -0.2) is 30.5 Å². The molecule has 0 unspecified atom stereocenters. The number of carboxylic acids is 1. The number of Topliss-reactive ketones (excluding diaryl/α,β-unsaturated/α-hetero) is 1. The van der Waals surface area contributed by atoms with Crippen molar-refractivity contribution in [3.8, 4) is 0 Å². The van der Waals surface area contributed by atoms with Crippen molar-refractivity contribution in [2.24, 2.45) is 5.73 Å². The predicted octanol–water partition coefficient (Wildman–Crippen LogP) is 0.961. The molecule has 0 aliphatic heterocycles. The second kappa shape index (κ2) is 7.42. The van der Waals surface area contributed by atoms with E-state index in [1.807, 2.05) is 0 Å². The molecule has 0 heterocycles. The molecule has 5 heteroatoms. The number of benzene rings is 1. The first-order valence-electron chi connectivity index (χ1n) is 4.74. The minimum atomic E-state index is -0.955. The molecule has 1 rings (SSSR count). The summed E-state index contributed by atoms with van der Waals surface area (Å²) in [5.41, 5.74) is 5.57.